The Labute approximate surface area is 162 Å². The molecule has 3 aromatic rings. The highest BCUT2D eigenvalue weighted by molar-refractivity contribution is 6.09. The number of ketones is 1. The summed E-state index contributed by atoms with van der Waals surface area (Å²) in [6.07, 6.45) is 0.798. The molecule has 0 aliphatic rings. The van der Waals surface area contributed by atoms with E-state index in [-0.39, 0.29) is 18.2 Å². The van der Waals surface area contributed by atoms with Crippen LogP contribution >= 0.6 is 0 Å². The van der Waals surface area contributed by atoms with Gasteiger partial charge in [0.15, 0.2) is 5.78 Å². The Hall–Kier alpha value is -3.47. The molecule has 0 N–H and O–H groups in total. The maximum absolute atomic E-state index is 13.0. The molecule has 0 amide bonds. The fourth-order valence-electron chi connectivity index (χ4n) is 2.66. The van der Waals surface area contributed by atoms with E-state index in [9.17, 15) is 14.0 Å². The van der Waals surface area contributed by atoms with Gasteiger partial charge in [-0.2, -0.15) is 0 Å². The molecule has 0 heterocycles. The second-order valence-electron chi connectivity index (χ2n) is 6.18. The third-order valence-corrected chi connectivity index (χ3v) is 4.23. The SMILES string of the molecule is COc1ccc(CCC(=O)Oc2ccc(C(=O)c3ccc(F)cc3)cc2)cc1. The van der Waals surface area contributed by atoms with Crippen LogP contribution in [-0.4, -0.2) is 18.9 Å². The van der Waals surface area contributed by atoms with Gasteiger partial charge < -0.3 is 9.47 Å². The summed E-state index contributed by atoms with van der Waals surface area (Å²) >= 11 is 0. The molecule has 0 radical (unpaired) electrons. The summed E-state index contributed by atoms with van der Waals surface area (Å²) in [6.45, 7) is 0. The number of aryl methyl sites for hydroxylation is 1. The number of ether oxygens (including phenoxy) is 2. The number of methoxy groups -OCH3 is 1. The first-order valence-electron chi connectivity index (χ1n) is 8.79. The van der Waals surface area contributed by atoms with Gasteiger partial charge in [-0.1, -0.05) is 12.1 Å². The van der Waals surface area contributed by atoms with Crippen LogP contribution in [0.5, 0.6) is 11.5 Å². The lowest BCUT2D eigenvalue weighted by Crippen LogP contribution is -2.09. The van der Waals surface area contributed by atoms with Crippen LogP contribution in [0.4, 0.5) is 4.39 Å². The van der Waals surface area contributed by atoms with Crippen molar-refractivity contribution in [1.29, 1.82) is 0 Å². The first-order valence-corrected chi connectivity index (χ1v) is 8.79. The molecule has 0 saturated carbocycles. The van der Waals surface area contributed by atoms with E-state index in [1.165, 1.54) is 24.3 Å². The molecule has 0 spiro atoms. The van der Waals surface area contributed by atoms with Crippen molar-refractivity contribution in [2.24, 2.45) is 0 Å². The maximum Gasteiger partial charge on any atom is 0.311 e. The first-order chi connectivity index (χ1) is 13.5. The summed E-state index contributed by atoms with van der Waals surface area (Å²) in [5.74, 6) is 0.163. The minimum absolute atomic E-state index is 0.225. The van der Waals surface area contributed by atoms with E-state index in [2.05, 4.69) is 0 Å². The van der Waals surface area contributed by atoms with Gasteiger partial charge in [0.25, 0.3) is 0 Å². The lowest BCUT2D eigenvalue weighted by molar-refractivity contribution is -0.134. The molecule has 28 heavy (non-hydrogen) atoms. The zero-order valence-electron chi connectivity index (χ0n) is 15.4. The van der Waals surface area contributed by atoms with Crippen molar-refractivity contribution in [2.75, 3.05) is 7.11 Å². The predicted molar refractivity (Wildman–Crippen MR) is 103 cm³/mol. The molecule has 5 heteroatoms. The average Bonchev–Trinajstić information content (AvgIpc) is 2.73. The maximum atomic E-state index is 13.0. The number of carbonyl (C=O) groups excluding carboxylic acids is 2. The van der Waals surface area contributed by atoms with Gasteiger partial charge in [0.2, 0.25) is 0 Å². The number of hydrogen-bond acceptors (Lipinski definition) is 4. The summed E-state index contributed by atoms with van der Waals surface area (Å²) in [5.41, 5.74) is 1.84. The Morgan fingerprint density at radius 1 is 0.786 bits per heavy atom. The number of hydrogen-bond donors (Lipinski definition) is 0. The van der Waals surface area contributed by atoms with Crippen molar-refractivity contribution >= 4 is 11.8 Å². The summed E-state index contributed by atoms with van der Waals surface area (Å²) in [6, 6.07) is 19.2. The fourth-order valence-corrected chi connectivity index (χ4v) is 2.66. The smallest absolute Gasteiger partial charge is 0.311 e. The molecule has 0 atom stereocenters. The molecular formula is C23H19FO4. The van der Waals surface area contributed by atoms with Crippen LogP contribution in [0.3, 0.4) is 0 Å². The van der Waals surface area contributed by atoms with Gasteiger partial charge in [0, 0.05) is 17.5 Å². The minimum Gasteiger partial charge on any atom is -0.497 e. The van der Waals surface area contributed by atoms with E-state index in [1.807, 2.05) is 24.3 Å². The van der Waals surface area contributed by atoms with E-state index in [0.717, 1.165) is 11.3 Å². The highest BCUT2D eigenvalue weighted by Crippen LogP contribution is 2.17. The molecule has 4 nitrogen and oxygen atoms in total. The Balaban J connectivity index is 1.55. The van der Waals surface area contributed by atoms with Gasteiger partial charge in [-0.05, 0) is 72.6 Å². The van der Waals surface area contributed by atoms with Gasteiger partial charge in [-0.15, -0.1) is 0 Å². The second-order valence-corrected chi connectivity index (χ2v) is 6.18. The van der Waals surface area contributed by atoms with Crippen molar-refractivity contribution in [3.63, 3.8) is 0 Å². The second kappa shape index (κ2) is 8.95. The van der Waals surface area contributed by atoms with Crippen LogP contribution in [0.2, 0.25) is 0 Å². The Morgan fingerprint density at radius 3 is 1.89 bits per heavy atom. The van der Waals surface area contributed by atoms with Crippen LogP contribution < -0.4 is 9.47 Å². The number of rotatable bonds is 7. The Kier molecular flexibility index (Phi) is 6.17. The molecule has 0 bridgehead atoms. The van der Waals surface area contributed by atoms with E-state index >= 15 is 0 Å². The van der Waals surface area contributed by atoms with E-state index in [4.69, 9.17) is 9.47 Å². The monoisotopic (exact) mass is 378 g/mol. The van der Waals surface area contributed by atoms with Crippen molar-refractivity contribution in [1.82, 2.24) is 0 Å². The predicted octanol–water partition coefficient (Wildman–Crippen LogP) is 4.60. The van der Waals surface area contributed by atoms with Crippen LogP contribution in [0.25, 0.3) is 0 Å². The number of carbonyl (C=O) groups is 2. The molecule has 3 aromatic carbocycles. The minimum atomic E-state index is -0.395. The third-order valence-electron chi connectivity index (χ3n) is 4.23. The molecule has 0 saturated heterocycles. The van der Waals surface area contributed by atoms with Gasteiger partial charge in [0.1, 0.15) is 17.3 Å². The lowest BCUT2D eigenvalue weighted by Gasteiger charge is -2.06. The van der Waals surface area contributed by atoms with Crippen molar-refractivity contribution in [3.8, 4) is 11.5 Å². The standard InChI is InChI=1S/C23H19FO4/c1-27-20-11-2-16(3-12-20)4-15-22(25)28-21-13-7-18(8-14-21)23(26)17-5-9-19(24)10-6-17/h2-3,5-14H,4,15H2,1H3. The van der Waals surface area contributed by atoms with E-state index in [1.54, 1.807) is 31.4 Å². The molecule has 0 unspecified atom stereocenters. The molecule has 0 aromatic heterocycles. The summed E-state index contributed by atoms with van der Waals surface area (Å²) in [4.78, 5) is 24.4. The van der Waals surface area contributed by atoms with Crippen molar-refractivity contribution < 1.29 is 23.5 Å². The summed E-state index contributed by atoms with van der Waals surface area (Å²) in [7, 11) is 1.60. The zero-order chi connectivity index (χ0) is 19.9. The largest absolute Gasteiger partial charge is 0.497 e. The van der Waals surface area contributed by atoms with Gasteiger partial charge in [-0.3, -0.25) is 9.59 Å². The van der Waals surface area contributed by atoms with Crippen LogP contribution in [-0.2, 0) is 11.2 Å². The summed E-state index contributed by atoms with van der Waals surface area (Å²) in [5, 5.41) is 0. The van der Waals surface area contributed by atoms with Crippen molar-refractivity contribution in [2.45, 2.75) is 12.8 Å². The third kappa shape index (κ3) is 5.04. The van der Waals surface area contributed by atoms with Gasteiger partial charge >= 0.3 is 5.97 Å². The highest BCUT2D eigenvalue weighted by atomic mass is 19.1. The van der Waals surface area contributed by atoms with E-state index in [0.29, 0.717) is 23.3 Å². The topological polar surface area (TPSA) is 52.6 Å². The Morgan fingerprint density at radius 2 is 1.32 bits per heavy atom. The molecule has 0 aliphatic carbocycles. The molecular weight excluding hydrogens is 359 g/mol. The Bertz CT molecular complexity index is 945. The lowest BCUT2D eigenvalue weighted by atomic mass is 10.0. The first kappa shape index (κ1) is 19.3. The number of benzene rings is 3. The fraction of sp³-hybridized carbons (Fsp3) is 0.130. The zero-order valence-corrected chi connectivity index (χ0v) is 15.4. The quantitative estimate of drug-likeness (QED) is 0.342. The molecule has 0 fully saturated rings. The molecule has 142 valence electrons. The highest BCUT2D eigenvalue weighted by Gasteiger charge is 2.11. The van der Waals surface area contributed by atoms with E-state index < -0.39 is 5.82 Å². The van der Waals surface area contributed by atoms with Crippen LogP contribution in [0.15, 0.2) is 72.8 Å². The molecule has 0 aliphatic heterocycles. The van der Waals surface area contributed by atoms with Crippen LogP contribution in [0.1, 0.15) is 27.9 Å². The van der Waals surface area contributed by atoms with Gasteiger partial charge in [-0.25, -0.2) is 4.39 Å². The summed E-state index contributed by atoms with van der Waals surface area (Å²) < 4.78 is 23.4. The molecule has 3 rings (SSSR count). The van der Waals surface area contributed by atoms with Crippen molar-refractivity contribution in [3.05, 3.63) is 95.3 Å². The number of esters is 1. The normalized spacial score (nSPS) is 10.4. The number of halogens is 1. The van der Waals surface area contributed by atoms with Crippen LogP contribution in [0, 0.1) is 5.82 Å². The average molecular weight is 378 g/mol. The van der Waals surface area contributed by atoms with Gasteiger partial charge in [0.05, 0.1) is 7.11 Å².